The van der Waals surface area contributed by atoms with E-state index >= 15 is 0 Å². The normalized spacial score (nSPS) is 9.73. The lowest BCUT2D eigenvalue weighted by molar-refractivity contribution is -0.142. The van der Waals surface area contributed by atoms with Gasteiger partial charge in [0.25, 0.3) is 0 Å². The number of hydrogen-bond donors (Lipinski definition) is 1. The molecular weight excluding hydrogens is 309 g/mol. The Labute approximate surface area is 102 Å². The molecule has 0 amide bonds. The number of nitrogens with zero attached hydrogens (tertiary/aromatic N) is 2. The van der Waals surface area contributed by atoms with E-state index in [1.54, 1.807) is 19.3 Å². The van der Waals surface area contributed by atoms with Crippen LogP contribution < -0.4 is 5.32 Å². The van der Waals surface area contributed by atoms with Crippen LogP contribution in [-0.4, -0.2) is 29.1 Å². The van der Waals surface area contributed by atoms with Gasteiger partial charge in [0.15, 0.2) is 0 Å². The summed E-state index contributed by atoms with van der Waals surface area (Å²) in [6, 6.07) is 0. The predicted octanol–water partition coefficient (Wildman–Crippen LogP) is 1.45. The van der Waals surface area contributed by atoms with E-state index in [-0.39, 0.29) is 5.97 Å². The molecule has 0 atom stereocenters. The standard InChI is InChI=1S/C9H12IN3O2/c1-2-15-8(14)3-4-11-9-12-5-7(10)6-13-9/h5-6H,2-4H2,1H3,(H,11,12,13). The highest BCUT2D eigenvalue weighted by atomic mass is 127. The Morgan fingerprint density at radius 3 is 2.80 bits per heavy atom. The van der Waals surface area contributed by atoms with Crippen molar-refractivity contribution in [1.29, 1.82) is 0 Å². The first-order valence-corrected chi connectivity index (χ1v) is 5.67. The van der Waals surface area contributed by atoms with Crippen LogP contribution in [0.15, 0.2) is 12.4 Å². The number of esters is 1. The van der Waals surface area contributed by atoms with E-state index in [0.717, 1.165) is 3.57 Å². The third kappa shape index (κ3) is 4.91. The fourth-order valence-electron chi connectivity index (χ4n) is 0.913. The van der Waals surface area contributed by atoms with Crippen LogP contribution in [-0.2, 0) is 9.53 Å². The van der Waals surface area contributed by atoms with Gasteiger partial charge in [-0.2, -0.15) is 0 Å². The number of hydrogen-bond acceptors (Lipinski definition) is 5. The van der Waals surface area contributed by atoms with Crippen LogP contribution in [0.5, 0.6) is 0 Å². The number of anilines is 1. The largest absolute Gasteiger partial charge is 0.466 e. The third-order valence-electron chi connectivity index (χ3n) is 1.54. The van der Waals surface area contributed by atoms with E-state index < -0.39 is 0 Å². The number of ether oxygens (including phenoxy) is 1. The van der Waals surface area contributed by atoms with Crippen molar-refractivity contribution >= 4 is 34.5 Å². The van der Waals surface area contributed by atoms with Gasteiger partial charge in [0, 0.05) is 22.5 Å². The molecule has 0 aliphatic rings. The smallest absolute Gasteiger partial charge is 0.307 e. The number of nitrogens with one attached hydrogen (secondary N) is 1. The zero-order chi connectivity index (χ0) is 11.1. The average Bonchev–Trinajstić information content (AvgIpc) is 2.21. The van der Waals surface area contributed by atoms with E-state index in [2.05, 4.69) is 37.9 Å². The van der Waals surface area contributed by atoms with Gasteiger partial charge < -0.3 is 10.1 Å². The molecule has 0 radical (unpaired) electrons. The Balaban J connectivity index is 2.26. The van der Waals surface area contributed by atoms with Gasteiger partial charge in [-0.3, -0.25) is 4.79 Å². The molecule has 0 fully saturated rings. The van der Waals surface area contributed by atoms with Gasteiger partial charge in [-0.25, -0.2) is 9.97 Å². The molecule has 0 spiro atoms. The Hall–Kier alpha value is -0.920. The number of rotatable bonds is 5. The van der Waals surface area contributed by atoms with Crippen molar-refractivity contribution in [3.8, 4) is 0 Å². The summed E-state index contributed by atoms with van der Waals surface area (Å²) in [5.41, 5.74) is 0. The van der Waals surface area contributed by atoms with Crippen molar-refractivity contribution in [3.63, 3.8) is 0 Å². The summed E-state index contributed by atoms with van der Waals surface area (Å²) in [5, 5.41) is 2.93. The molecular formula is C9H12IN3O2. The maximum atomic E-state index is 11.0. The Bertz CT molecular complexity index is 316. The number of halogens is 1. The van der Waals surface area contributed by atoms with E-state index in [0.29, 0.717) is 25.5 Å². The van der Waals surface area contributed by atoms with Gasteiger partial charge in [-0.1, -0.05) is 0 Å². The molecule has 1 N–H and O–H groups in total. The molecule has 1 aromatic heterocycles. The van der Waals surface area contributed by atoms with E-state index in [1.165, 1.54) is 0 Å². The molecule has 6 heteroatoms. The molecule has 0 aliphatic carbocycles. The second-order valence-electron chi connectivity index (χ2n) is 2.71. The summed E-state index contributed by atoms with van der Waals surface area (Å²) < 4.78 is 5.75. The van der Waals surface area contributed by atoms with Crippen molar-refractivity contribution in [1.82, 2.24) is 9.97 Å². The zero-order valence-corrected chi connectivity index (χ0v) is 10.5. The van der Waals surface area contributed by atoms with Crippen molar-refractivity contribution in [2.24, 2.45) is 0 Å². The maximum Gasteiger partial charge on any atom is 0.307 e. The van der Waals surface area contributed by atoms with E-state index in [9.17, 15) is 4.79 Å². The number of carbonyl (C=O) groups is 1. The molecule has 0 unspecified atom stereocenters. The van der Waals surface area contributed by atoms with Crippen molar-refractivity contribution in [3.05, 3.63) is 16.0 Å². The SMILES string of the molecule is CCOC(=O)CCNc1ncc(I)cn1. The highest BCUT2D eigenvalue weighted by molar-refractivity contribution is 14.1. The zero-order valence-electron chi connectivity index (χ0n) is 8.36. The van der Waals surface area contributed by atoms with Crippen molar-refractivity contribution in [2.45, 2.75) is 13.3 Å². The van der Waals surface area contributed by atoms with Crippen molar-refractivity contribution < 1.29 is 9.53 Å². The lowest BCUT2D eigenvalue weighted by Crippen LogP contribution is -2.12. The molecule has 0 aliphatic heterocycles. The van der Waals surface area contributed by atoms with Gasteiger partial charge in [0.05, 0.1) is 13.0 Å². The predicted molar refractivity (Wildman–Crippen MR) is 64.5 cm³/mol. The van der Waals surface area contributed by atoms with E-state index in [1.807, 2.05) is 0 Å². The van der Waals surface area contributed by atoms with Gasteiger partial charge >= 0.3 is 5.97 Å². The minimum atomic E-state index is -0.212. The topological polar surface area (TPSA) is 64.1 Å². The molecule has 82 valence electrons. The number of aromatic nitrogens is 2. The third-order valence-corrected chi connectivity index (χ3v) is 2.09. The summed E-state index contributed by atoms with van der Waals surface area (Å²) in [7, 11) is 0. The summed E-state index contributed by atoms with van der Waals surface area (Å²) in [6.07, 6.45) is 3.74. The lowest BCUT2D eigenvalue weighted by atomic mass is 10.4. The number of carbonyl (C=O) groups excluding carboxylic acids is 1. The highest BCUT2D eigenvalue weighted by Gasteiger charge is 2.01. The summed E-state index contributed by atoms with van der Waals surface area (Å²) in [6.45, 7) is 2.69. The summed E-state index contributed by atoms with van der Waals surface area (Å²) >= 11 is 2.13. The van der Waals surface area contributed by atoms with Crippen LogP contribution in [0.4, 0.5) is 5.95 Å². The molecule has 1 heterocycles. The summed E-state index contributed by atoms with van der Waals surface area (Å²) in [5.74, 6) is 0.315. The Morgan fingerprint density at radius 2 is 2.20 bits per heavy atom. The minimum absolute atomic E-state index is 0.212. The van der Waals surface area contributed by atoms with Gasteiger partial charge in [0.2, 0.25) is 5.95 Å². The lowest BCUT2D eigenvalue weighted by Gasteiger charge is -2.03. The van der Waals surface area contributed by atoms with Crippen LogP contribution in [0.1, 0.15) is 13.3 Å². The quantitative estimate of drug-likeness (QED) is 0.657. The van der Waals surface area contributed by atoms with Crippen LogP contribution in [0.3, 0.4) is 0 Å². The summed E-state index contributed by atoms with van der Waals surface area (Å²) in [4.78, 5) is 19.1. The first kappa shape index (κ1) is 12.2. The molecule has 0 aromatic carbocycles. The Morgan fingerprint density at radius 1 is 1.53 bits per heavy atom. The van der Waals surface area contributed by atoms with Crippen LogP contribution in [0.25, 0.3) is 0 Å². The molecule has 0 saturated carbocycles. The maximum absolute atomic E-state index is 11.0. The monoisotopic (exact) mass is 321 g/mol. The fraction of sp³-hybridized carbons (Fsp3) is 0.444. The molecule has 15 heavy (non-hydrogen) atoms. The second kappa shape index (κ2) is 6.54. The van der Waals surface area contributed by atoms with Crippen LogP contribution >= 0.6 is 22.6 Å². The van der Waals surface area contributed by atoms with Gasteiger partial charge in [0.1, 0.15) is 0 Å². The van der Waals surface area contributed by atoms with Gasteiger partial charge in [-0.05, 0) is 29.5 Å². The van der Waals surface area contributed by atoms with Crippen molar-refractivity contribution in [2.75, 3.05) is 18.5 Å². The van der Waals surface area contributed by atoms with Crippen LogP contribution in [0.2, 0.25) is 0 Å². The molecule has 1 aromatic rings. The van der Waals surface area contributed by atoms with E-state index in [4.69, 9.17) is 4.74 Å². The molecule has 0 saturated heterocycles. The highest BCUT2D eigenvalue weighted by Crippen LogP contribution is 2.02. The molecule has 5 nitrogen and oxygen atoms in total. The Kier molecular flexibility index (Phi) is 5.30. The minimum Gasteiger partial charge on any atom is -0.466 e. The van der Waals surface area contributed by atoms with Crippen LogP contribution in [0, 0.1) is 3.57 Å². The second-order valence-corrected chi connectivity index (χ2v) is 3.95. The first-order valence-electron chi connectivity index (χ1n) is 4.59. The molecule has 1 rings (SSSR count). The first-order chi connectivity index (χ1) is 7.22. The average molecular weight is 321 g/mol. The fourth-order valence-corrected chi connectivity index (χ4v) is 1.19. The van der Waals surface area contributed by atoms with Gasteiger partial charge in [-0.15, -0.1) is 0 Å². The molecule has 0 bridgehead atoms.